The van der Waals surface area contributed by atoms with E-state index in [4.69, 9.17) is 10.00 Å². The predicted molar refractivity (Wildman–Crippen MR) is 113 cm³/mol. The van der Waals surface area contributed by atoms with Crippen LogP contribution in [0.25, 0.3) is 0 Å². The summed E-state index contributed by atoms with van der Waals surface area (Å²) >= 11 is 0. The van der Waals surface area contributed by atoms with Crippen molar-refractivity contribution in [2.24, 2.45) is 5.10 Å². The zero-order chi connectivity index (χ0) is 23.0. The topological polar surface area (TPSA) is 74.5 Å². The number of alkyl halides is 3. The molecule has 1 amide bonds. The van der Waals surface area contributed by atoms with Crippen LogP contribution >= 0.6 is 0 Å². The zero-order valence-electron chi connectivity index (χ0n) is 16.8. The fraction of sp³-hybridized carbons (Fsp3) is 0.125. The second kappa shape index (κ2) is 10.3. The number of amides is 1. The second-order valence-electron chi connectivity index (χ2n) is 6.79. The molecule has 0 aliphatic carbocycles. The van der Waals surface area contributed by atoms with E-state index >= 15 is 0 Å². The van der Waals surface area contributed by atoms with E-state index in [2.05, 4.69) is 16.6 Å². The van der Waals surface area contributed by atoms with Gasteiger partial charge in [-0.05, 0) is 47.5 Å². The van der Waals surface area contributed by atoms with Crippen LogP contribution in [0.5, 0.6) is 5.75 Å². The van der Waals surface area contributed by atoms with Crippen LogP contribution in [0.2, 0.25) is 0 Å². The van der Waals surface area contributed by atoms with Crippen molar-refractivity contribution in [2.75, 3.05) is 0 Å². The molecule has 0 unspecified atom stereocenters. The molecule has 3 aromatic carbocycles. The Bertz CT molecular complexity index is 1150. The third-order valence-electron chi connectivity index (χ3n) is 4.43. The first-order valence-electron chi connectivity index (χ1n) is 9.54. The summed E-state index contributed by atoms with van der Waals surface area (Å²) < 4.78 is 43.9. The van der Waals surface area contributed by atoms with E-state index in [0.717, 1.165) is 17.7 Å². The molecule has 0 bridgehead atoms. The molecule has 5 nitrogen and oxygen atoms in total. The fourth-order valence-electron chi connectivity index (χ4n) is 2.83. The van der Waals surface area contributed by atoms with Crippen LogP contribution in [0.1, 0.15) is 27.8 Å². The molecule has 0 spiro atoms. The fourth-order valence-corrected chi connectivity index (χ4v) is 2.83. The Balaban J connectivity index is 1.50. The number of ether oxygens (including phenoxy) is 1. The molecule has 0 fully saturated rings. The first-order valence-corrected chi connectivity index (χ1v) is 9.54. The van der Waals surface area contributed by atoms with E-state index in [1.165, 1.54) is 18.3 Å². The highest BCUT2D eigenvalue weighted by atomic mass is 19.4. The first-order chi connectivity index (χ1) is 15.3. The summed E-state index contributed by atoms with van der Waals surface area (Å²) in [6.07, 6.45) is -3.27. The molecule has 0 heterocycles. The number of hydrazone groups is 1. The lowest BCUT2D eigenvalue weighted by Crippen LogP contribution is -2.20. The highest BCUT2D eigenvalue weighted by Gasteiger charge is 2.30. The van der Waals surface area contributed by atoms with E-state index in [1.54, 1.807) is 36.4 Å². The van der Waals surface area contributed by atoms with Crippen LogP contribution < -0.4 is 10.2 Å². The zero-order valence-corrected chi connectivity index (χ0v) is 16.8. The number of nitriles is 1. The maximum atomic E-state index is 12.7. The van der Waals surface area contributed by atoms with Crippen LogP contribution in [-0.2, 0) is 24.0 Å². The molecule has 0 saturated heterocycles. The molecular formula is C24H18F3N3O2. The minimum absolute atomic E-state index is 0.224. The summed E-state index contributed by atoms with van der Waals surface area (Å²) in [4.78, 5) is 11.9. The monoisotopic (exact) mass is 437 g/mol. The lowest BCUT2D eigenvalue weighted by molar-refractivity contribution is -0.137. The average Bonchev–Trinajstić information content (AvgIpc) is 2.78. The van der Waals surface area contributed by atoms with Gasteiger partial charge in [0.2, 0.25) is 5.91 Å². The van der Waals surface area contributed by atoms with Gasteiger partial charge in [-0.25, -0.2) is 5.43 Å². The number of rotatable bonds is 7. The molecule has 0 radical (unpaired) electrons. The molecule has 32 heavy (non-hydrogen) atoms. The van der Waals surface area contributed by atoms with Crippen LogP contribution in [0.15, 0.2) is 77.9 Å². The van der Waals surface area contributed by atoms with Crippen molar-refractivity contribution < 1.29 is 22.7 Å². The van der Waals surface area contributed by atoms with Crippen LogP contribution in [0, 0.1) is 11.3 Å². The minimum Gasteiger partial charge on any atom is -0.489 e. The van der Waals surface area contributed by atoms with Gasteiger partial charge >= 0.3 is 6.18 Å². The van der Waals surface area contributed by atoms with E-state index in [1.807, 2.05) is 12.1 Å². The molecule has 0 aliphatic rings. The number of halogens is 3. The van der Waals surface area contributed by atoms with E-state index in [9.17, 15) is 18.0 Å². The van der Waals surface area contributed by atoms with Gasteiger partial charge in [0, 0.05) is 5.56 Å². The molecule has 162 valence electrons. The maximum Gasteiger partial charge on any atom is 0.416 e. The van der Waals surface area contributed by atoms with Crippen LogP contribution in [-0.4, -0.2) is 12.1 Å². The van der Waals surface area contributed by atoms with Gasteiger partial charge in [-0.1, -0.05) is 36.4 Å². The normalized spacial score (nSPS) is 11.2. The van der Waals surface area contributed by atoms with Crippen molar-refractivity contribution in [1.29, 1.82) is 5.26 Å². The lowest BCUT2D eigenvalue weighted by atomic mass is 10.1. The predicted octanol–water partition coefficient (Wildman–Crippen LogP) is 4.85. The summed E-state index contributed by atoms with van der Waals surface area (Å²) in [6, 6.07) is 20.8. The summed E-state index contributed by atoms with van der Waals surface area (Å²) in [6.45, 7) is 0.253. The Hall–Kier alpha value is -4.12. The molecule has 1 N–H and O–H groups in total. The van der Waals surface area contributed by atoms with Gasteiger partial charge in [0.1, 0.15) is 12.4 Å². The smallest absolute Gasteiger partial charge is 0.416 e. The van der Waals surface area contributed by atoms with E-state index < -0.39 is 17.6 Å². The second-order valence-corrected chi connectivity index (χ2v) is 6.79. The van der Waals surface area contributed by atoms with Crippen molar-refractivity contribution in [1.82, 2.24) is 5.43 Å². The van der Waals surface area contributed by atoms with Crippen molar-refractivity contribution in [2.45, 2.75) is 19.2 Å². The van der Waals surface area contributed by atoms with Crippen molar-refractivity contribution in [3.05, 3.63) is 101 Å². The number of hydrogen-bond donors (Lipinski definition) is 1. The van der Waals surface area contributed by atoms with E-state index in [0.29, 0.717) is 16.9 Å². The summed E-state index contributed by atoms with van der Waals surface area (Å²) in [7, 11) is 0. The lowest BCUT2D eigenvalue weighted by Gasteiger charge is -2.08. The maximum absolute atomic E-state index is 12.7. The van der Waals surface area contributed by atoms with Gasteiger partial charge in [0.25, 0.3) is 0 Å². The molecule has 0 atom stereocenters. The quantitative estimate of drug-likeness (QED) is 0.424. The van der Waals surface area contributed by atoms with Gasteiger partial charge in [-0.15, -0.1) is 0 Å². The Morgan fingerprint density at radius 1 is 1.06 bits per heavy atom. The van der Waals surface area contributed by atoms with Crippen LogP contribution in [0.4, 0.5) is 13.2 Å². The molecule has 8 heteroatoms. The van der Waals surface area contributed by atoms with Crippen molar-refractivity contribution in [3.8, 4) is 11.8 Å². The number of carbonyl (C=O) groups is 1. The van der Waals surface area contributed by atoms with Crippen LogP contribution in [0.3, 0.4) is 0 Å². The molecule has 0 saturated carbocycles. The average molecular weight is 437 g/mol. The molecular weight excluding hydrogens is 419 g/mol. The Morgan fingerprint density at radius 2 is 1.81 bits per heavy atom. The van der Waals surface area contributed by atoms with Gasteiger partial charge in [0.05, 0.1) is 29.8 Å². The molecule has 0 aromatic heterocycles. The highest BCUT2D eigenvalue weighted by Crippen LogP contribution is 2.29. The largest absolute Gasteiger partial charge is 0.489 e. The Morgan fingerprint density at radius 3 is 2.53 bits per heavy atom. The highest BCUT2D eigenvalue weighted by molar-refractivity contribution is 5.83. The standard InChI is InChI=1S/C24H18F3N3O2/c25-24(26,27)21-7-3-4-18(12-21)13-23(31)30-29-15-17-8-10-22(11-9-17)32-16-20-6-2-1-5-19(20)14-28/h1-12,15H,13,16H2,(H,30,31). The number of nitrogens with one attached hydrogen (secondary N) is 1. The van der Waals surface area contributed by atoms with Gasteiger partial charge in [0.15, 0.2) is 0 Å². The summed E-state index contributed by atoms with van der Waals surface area (Å²) in [5.41, 5.74) is 3.76. The Kier molecular flexibility index (Phi) is 7.24. The Labute approximate surface area is 182 Å². The molecule has 3 rings (SSSR count). The number of carbonyl (C=O) groups excluding carboxylic acids is 1. The number of nitrogens with zero attached hydrogens (tertiary/aromatic N) is 2. The van der Waals surface area contributed by atoms with Gasteiger partial charge in [-0.2, -0.15) is 23.5 Å². The molecule has 3 aromatic rings. The first kappa shape index (κ1) is 22.6. The summed E-state index contributed by atoms with van der Waals surface area (Å²) in [5.74, 6) is 0.0696. The molecule has 0 aliphatic heterocycles. The minimum atomic E-state index is -4.46. The van der Waals surface area contributed by atoms with E-state index in [-0.39, 0.29) is 18.6 Å². The summed E-state index contributed by atoms with van der Waals surface area (Å²) in [5, 5.41) is 12.9. The third-order valence-corrected chi connectivity index (χ3v) is 4.43. The SMILES string of the molecule is N#Cc1ccccc1COc1ccc(C=NNC(=O)Cc2cccc(C(F)(F)F)c2)cc1. The third kappa shape index (κ3) is 6.44. The van der Waals surface area contributed by atoms with Gasteiger partial charge in [-0.3, -0.25) is 4.79 Å². The number of benzene rings is 3. The van der Waals surface area contributed by atoms with Gasteiger partial charge < -0.3 is 4.74 Å². The number of hydrogen-bond acceptors (Lipinski definition) is 4. The van der Waals surface area contributed by atoms with Crippen molar-refractivity contribution >= 4 is 12.1 Å². The van der Waals surface area contributed by atoms with Crippen molar-refractivity contribution in [3.63, 3.8) is 0 Å².